The summed E-state index contributed by atoms with van der Waals surface area (Å²) < 4.78 is 21.8. The summed E-state index contributed by atoms with van der Waals surface area (Å²) in [5.74, 6) is -0.166. The van der Waals surface area contributed by atoms with Crippen LogP contribution in [0.4, 0.5) is 0 Å². The first-order valence-corrected chi connectivity index (χ1v) is 5.91. The van der Waals surface area contributed by atoms with Gasteiger partial charge in [-0.3, -0.25) is 4.84 Å². The second-order valence-electron chi connectivity index (χ2n) is 2.65. The summed E-state index contributed by atoms with van der Waals surface area (Å²) in [6.45, 7) is 5.74. The molecule has 0 rings (SSSR count). The Bertz CT molecular complexity index is 224. The molecule has 0 aromatic heterocycles. The van der Waals surface area contributed by atoms with Crippen molar-refractivity contribution in [3.8, 4) is 0 Å². The normalized spacial score (nSPS) is 11.5. The molecule has 0 atom stereocenters. The first-order chi connectivity index (χ1) is 6.12. The van der Waals surface area contributed by atoms with Crippen LogP contribution in [0.5, 0.6) is 0 Å². The smallest absolute Gasteiger partial charge is 0.256 e. The van der Waals surface area contributed by atoms with Crippen molar-refractivity contribution >= 4 is 10.0 Å². The van der Waals surface area contributed by atoms with Gasteiger partial charge in [0.25, 0.3) is 10.0 Å². The van der Waals surface area contributed by atoms with Gasteiger partial charge in [-0.05, 0) is 6.42 Å². The van der Waals surface area contributed by atoms with E-state index >= 15 is 0 Å². The van der Waals surface area contributed by atoms with Crippen molar-refractivity contribution < 1.29 is 13.3 Å². The highest BCUT2D eigenvalue weighted by molar-refractivity contribution is 7.89. The van der Waals surface area contributed by atoms with E-state index in [9.17, 15) is 8.42 Å². The van der Waals surface area contributed by atoms with Crippen molar-refractivity contribution in [1.82, 2.24) is 4.89 Å². The van der Waals surface area contributed by atoms with Crippen molar-refractivity contribution in [1.29, 1.82) is 0 Å². The predicted octanol–water partition coefficient (Wildman–Crippen LogP) is 1.23. The summed E-state index contributed by atoms with van der Waals surface area (Å²) in [7, 11) is -3.43. The summed E-state index contributed by atoms with van der Waals surface area (Å²) in [6.07, 6.45) is 4.22. The molecule has 13 heavy (non-hydrogen) atoms. The number of hydrogen-bond acceptors (Lipinski definition) is 3. The Morgan fingerprint density at radius 3 is 2.69 bits per heavy atom. The van der Waals surface area contributed by atoms with Crippen molar-refractivity contribution in [3.05, 3.63) is 12.7 Å². The Morgan fingerprint density at radius 2 is 2.15 bits per heavy atom. The topological polar surface area (TPSA) is 57.5 Å². The molecule has 77 valence electrons. The molecular formula is C8H16NO3S. The second-order valence-corrected chi connectivity index (χ2v) is 4.30. The van der Waals surface area contributed by atoms with Gasteiger partial charge in [0.2, 0.25) is 0 Å². The molecule has 0 aromatic rings. The molecule has 0 aliphatic rings. The van der Waals surface area contributed by atoms with E-state index in [1.165, 1.54) is 6.08 Å². The van der Waals surface area contributed by atoms with Gasteiger partial charge in [-0.25, -0.2) is 8.42 Å². The average molecular weight is 206 g/mol. The monoisotopic (exact) mass is 206 g/mol. The van der Waals surface area contributed by atoms with Crippen LogP contribution in [-0.2, 0) is 14.9 Å². The average Bonchev–Trinajstić information content (AvgIpc) is 2.04. The quantitative estimate of drug-likeness (QED) is 0.341. The summed E-state index contributed by atoms with van der Waals surface area (Å²) in [4.78, 5) is 7.76. The van der Waals surface area contributed by atoms with Gasteiger partial charge in [0, 0.05) is 4.89 Å². The zero-order valence-electron chi connectivity index (χ0n) is 7.90. The molecule has 0 spiro atoms. The van der Waals surface area contributed by atoms with Gasteiger partial charge in [0.15, 0.2) is 0 Å². The number of rotatable bonds is 8. The van der Waals surface area contributed by atoms with Gasteiger partial charge >= 0.3 is 0 Å². The minimum atomic E-state index is -3.43. The molecule has 0 aromatic carbocycles. The summed E-state index contributed by atoms with van der Waals surface area (Å²) in [6, 6.07) is 0. The highest BCUT2D eigenvalue weighted by Gasteiger charge is 2.08. The third-order valence-corrected chi connectivity index (χ3v) is 2.32. The Hall–Kier alpha value is -0.390. The van der Waals surface area contributed by atoms with Gasteiger partial charge < -0.3 is 0 Å². The standard InChI is InChI=1S/C8H16NO3S/c1-3-5-6-7-12-9-13(10,11)8-4-2/h4H,2-3,5-8H2,1H3. The maximum absolute atomic E-state index is 10.9. The minimum Gasteiger partial charge on any atom is -0.267 e. The summed E-state index contributed by atoms with van der Waals surface area (Å²) in [5.41, 5.74) is 0. The SMILES string of the molecule is C=CCS(=O)(=O)[N]OCCCCC. The van der Waals surface area contributed by atoms with Crippen LogP contribution < -0.4 is 4.89 Å². The molecule has 0 heterocycles. The highest BCUT2D eigenvalue weighted by Crippen LogP contribution is 1.94. The highest BCUT2D eigenvalue weighted by atomic mass is 32.2. The van der Waals surface area contributed by atoms with Crippen molar-refractivity contribution in [2.45, 2.75) is 26.2 Å². The van der Waals surface area contributed by atoms with E-state index in [1.54, 1.807) is 0 Å². The third kappa shape index (κ3) is 7.95. The number of sulfonamides is 1. The number of hydrogen-bond donors (Lipinski definition) is 0. The van der Waals surface area contributed by atoms with Gasteiger partial charge in [0.05, 0.1) is 12.4 Å². The van der Waals surface area contributed by atoms with Crippen LogP contribution >= 0.6 is 0 Å². The molecule has 0 fully saturated rings. The zero-order valence-corrected chi connectivity index (χ0v) is 8.72. The molecule has 4 nitrogen and oxygen atoms in total. The molecule has 0 aliphatic carbocycles. The van der Waals surface area contributed by atoms with Gasteiger partial charge in [-0.1, -0.05) is 25.8 Å². The lowest BCUT2D eigenvalue weighted by Crippen LogP contribution is -2.19. The van der Waals surface area contributed by atoms with Crippen LogP contribution in [0.3, 0.4) is 0 Å². The molecule has 0 bridgehead atoms. The fraction of sp³-hybridized carbons (Fsp3) is 0.750. The summed E-state index contributed by atoms with van der Waals surface area (Å²) in [5, 5.41) is 0. The lowest BCUT2D eigenvalue weighted by atomic mass is 10.3. The van der Waals surface area contributed by atoms with Crippen molar-refractivity contribution in [3.63, 3.8) is 0 Å². The van der Waals surface area contributed by atoms with Crippen LogP contribution in [0.2, 0.25) is 0 Å². The van der Waals surface area contributed by atoms with E-state index < -0.39 is 10.0 Å². The Morgan fingerprint density at radius 1 is 1.46 bits per heavy atom. The lowest BCUT2D eigenvalue weighted by Gasteiger charge is -2.01. The van der Waals surface area contributed by atoms with E-state index in [0.29, 0.717) is 6.61 Å². The van der Waals surface area contributed by atoms with Crippen LogP contribution in [0, 0.1) is 0 Å². The van der Waals surface area contributed by atoms with Gasteiger partial charge in [0.1, 0.15) is 0 Å². The van der Waals surface area contributed by atoms with Gasteiger partial charge in [-0.2, -0.15) is 0 Å². The fourth-order valence-corrected chi connectivity index (χ4v) is 1.31. The second kappa shape index (κ2) is 7.06. The maximum Gasteiger partial charge on any atom is 0.256 e. The molecule has 0 amide bonds. The first kappa shape index (κ1) is 12.6. The van der Waals surface area contributed by atoms with Crippen molar-refractivity contribution in [2.24, 2.45) is 0 Å². The molecule has 0 N–H and O–H groups in total. The van der Waals surface area contributed by atoms with Crippen molar-refractivity contribution in [2.75, 3.05) is 12.4 Å². The molecule has 5 heteroatoms. The van der Waals surface area contributed by atoms with Crippen LogP contribution in [0.15, 0.2) is 12.7 Å². The zero-order chi connectivity index (χ0) is 10.2. The summed E-state index contributed by atoms with van der Waals surface area (Å²) >= 11 is 0. The molecule has 0 saturated carbocycles. The largest absolute Gasteiger partial charge is 0.267 e. The number of unbranched alkanes of at least 4 members (excludes halogenated alkanes) is 2. The van der Waals surface area contributed by atoms with E-state index in [0.717, 1.165) is 19.3 Å². The predicted molar refractivity (Wildman–Crippen MR) is 51.6 cm³/mol. The number of nitrogens with zero attached hydrogens (tertiary/aromatic N) is 1. The first-order valence-electron chi connectivity index (χ1n) is 4.30. The molecule has 0 saturated heterocycles. The molecule has 0 aliphatic heterocycles. The Labute approximate surface area is 80.0 Å². The van der Waals surface area contributed by atoms with Gasteiger partial charge in [-0.15, -0.1) is 6.58 Å². The fourth-order valence-electron chi connectivity index (χ4n) is 0.714. The minimum absolute atomic E-state index is 0.166. The Kier molecular flexibility index (Phi) is 6.84. The maximum atomic E-state index is 10.9. The molecular weight excluding hydrogens is 190 g/mol. The molecule has 1 radical (unpaired) electrons. The van der Waals surface area contributed by atoms with Crippen LogP contribution in [0.25, 0.3) is 0 Å². The Balaban J connectivity index is 3.46. The van der Waals surface area contributed by atoms with Crippen LogP contribution in [-0.4, -0.2) is 20.8 Å². The van der Waals surface area contributed by atoms with E-state index in [4.69, 9.17) is 0 Å². The van der Waals surface area contributed by atoms with E-state index in [-0.39, 0.29) is 5.75 Å². The van der Waals surface area contributed by atoms with E-state index in [2.05, 4.69) is 23.2 Å². The molecule has 0 unspecified atom stereocenters. The third-order valence-electron chi connectivity index (χ3n) is 1.33. The lowest BCUT2D eigenvalue weighted by molar-refractivity contribution is 0.0834. The van der Waals surface area contributed by atoms with Crippen LogP contribution in [0.1, 0.15) is 26.2 Å². The van der Waals surface area contributed by atoms with E-state index in [1.807, 2.05) is 0 Å².